The standard InChI is InChI=1S/C23H22BrF3O6/c1-14(20(29)32-13-19(28)16-9-11-18(24)12-10-16)15(2)33-21(30)22(31-3,23(25,26)27)17-7-5-4-6-8-17/h4-12,14-15H,13H2,1-3H3/t14-,15-,22+/m1/s1. The minimum atomic E-state index is -5.14. The van der Waals surface area contributed by atoms with Gasteiger partial charge in [-0.05, 0) is 26.0 Å². The first-order valence-corrected chi connectivity index (χ1v) is 10.6. The third-order valence-electron chi connectivity index (χ3n) is 5.05. The highest BCUT2D eigenvalue weighted by molar-refractivity contribution is 9.10. The molecule has 0 aromatic heterocycles. The van der Waals surface area contributed by atoms with Crippen molar-refractivity contribution in [1.29, 1.82) is 0 Å². The van der Waals surface area contributed by atoms with Crippen LogP contribution in [0.15, 0.2) is 59.1 Å². The average Bonchev–Trinajstić information content (AvgIpc) is 2.77. The molecule has 10 heteroatoms. The van der Waals surface area contributed by atoms with Gasteiger partial charge in [0.15, 0.2) is 12.4 Å². The van der Waals surface area contributed by atoms with Gasteiger partial charge in [-0.2, -0.15) is 13.2 Å². The molecule has 0 heterocycles. The van der Waals surface area contributed by atoms with Gasteiger partial charge in [0.1, 0.15) is 6.10 Å². The van der Waals surface area contributed by atoms with Crippen molar-refractivity contribution >= 4 is 33.7 Å². The fourth-order valence-corrected chi connectivity index (χ4v) is 3.18. The first-order valence-electron chi connectivity index (χ1n) is 9.78. The van der Waals surface area contributed by atoms with Crippen LogP contribution in [0.1, 0.15) is 29.8 Å². The third kappa shape index (κ3) is 6.00. The van der Waals surface area contributed by atoms with E-state index < -0.39 is 53.7 Å². The van der Waals surface area contributed by atoms with E-state index in [4.69, 9.17) is 9.47 Å². The largest absolute Gasteiger partial charge is 0.459 e. The highest BCUT2D eigenvalue weighted by Gasteiger charge is 2.64. The Labute approximate surface area is 197 Å². The molecule has 0 unspecified atom stereocenters. The number of rotatable bonds is 9. The van der Waals surface area contributed by atoms with Gasteiger partial charge >= 0.3 is 18.1 Å². The van der Waals surface area contributed by atoms with Gasteiger partial charge in [0.05, 0.1) is 5.92 Å². The number of benzene rings is 2. The lowest BCUT2D eigenvalue weighted by Gasteiger charge is -2.33. The molecule has 0 amide bonds. The minimum absolute atomic E-state index is 0.316. The molecule has 33 heavy (non-hydrogen) atoms. The normalized spacial score (nSPS) is 15.1. The van der Waals surface area contributed by atoms with E-state index in [1.807, 2.05) is 0 Å². The van der Waals surface area contributed by atoms with Crippen molar-refractivity contribution < 1.29 is 41.8 Å². The zero-order valence-electron chi connectivity index (χ0n) is 18.0. The average molecular weight is 531 g/mol. The van der Waals surface area contributed by atoms with Crippen LogP contribution in [0.25, 0.3) is 0 Å². The summed E-state index contributed by atoms with van der Waals surface area (Å²) in [7, 11) is 0.748. The lowest BCUT2D eigenvalue weighted by Crippen LogP contribution is -2.53. The fraction of sp³-hybridized carbons (Fsp3) is 0.348. The van der Waals surface area contributed by atoms with Crippen LogP contribution in [0.5, 0.6) is 0 Å². The second-order valence-corrected chi connectivity index (χ2v) is 8.10. The zero-order valence-corrected chi connectivity index (χ0v) is 19.6. The molecule has 3 atom stereocenters. The summed E-state index contributed by atoms with van der Waals surface area (Å²) in [5, 5.41) is 0. The van der Waals surface area contributed by atoms with Crippen LogP contribution in [0.4, 0.5) is 13.2 Å². The number of esters is 2. The summed E-state index contributed by atoms with van der Waals surface area (Å²) in [4.78, 5) is 37.1. The summed E-state index contributed by atoms with van der Waals surface area (Å²) in [6.07, 6.45) is -6.44. The summed E-state index contributed by atoms with van der Waals surface area (Å²) in [5.74, 6) is -4.24. The number of carbonyl (C=O) groups is 3. The first kappa shape index (κ1) is 26.5. The topological polar surface area (TPSA) is 78.9 Å². The van der Waals surface area contributed by atoms with Gasteiger partial charge in [-0.25, -0.2) is 4.79 Å². The fourth-order valence-electron chi connectivity index (χ4n) is 2.92. The number of hydrogen-bond acceptors (Lipinski definition) is 6. The molecule has 0 spiro atoms. The van der Waals surface area contributed by atoms with Crippen molar-refractivity contribution in [3.8, 4) is 0 Å². The number of halogens is 4. The summed E-state index contributed by atoms with van der Waals surface area (Å²) < 4.78 is 57.3. The summed E-state index contributed by atoms with van der Waals surface area (Å²) >= 11 is 3.24. The second kappa shape index (κ2) is 10.9. The molecule has 0 saturated heterocycles. The Balaban J connectivity index is 2.09. The molecule has 2 aromatic rings. The van der Waals surface area contributed by atoms with Gasteiger partial charge in [-0.1, -0.05) is 58.4 Å². The molecule has 0 saturated carbocycles. The van der Waals surface area contributed by atoms with Crippen LogP contribution in [-0.2, 0) is 29.4 Å². The predicted molar refractivity (Wildman–Crippen MR) is 115 cm³/mol. The lowest BCUT2D eigenvalue weighted by atomic mass is 9.92. The van der Waals surface area contributed by atoms with E-state index in [0.29, 0.717) is 5.56 Å². The van der Waals surface area contributed by atoms with Crippen LogP contribution in [0.3, 0.4) is 0 Å². The first-order chi connectivity index (χ1) is 15.4. The minimum Gasteiger partial charge on any atom is -0.459 e. The molecule has 0 N–H and O–H groups in total. The van der Waals surface area contributed by atoms with Crippen molar-refractivity contribution in [1.82, 2.24) is 0 Å². The van der Waals surface area contributed by atoms with E-state index in [-0.39, 0.29) is 0 Å². The van der Waals surface area contributed by atoms with Crippen LogP contribution in [0.2, 0.25) is 0 Å². The molecule has 6 nitrogen and oxygen atoms in total. The highest BCUT2D eigenvalue weighted by Crippen LogP contribution is 2.43. The monoisotopic (exact) mass is 530 g/mol. The number of methoxy groups -OCH3 is 1. The number of ketones is 1. The van der Waals surface area contributed by atoms with E-state index >= 15 is 0 Å². The summed E-state index contributed by atoms with van der Waals surface area (Å²) in [6.45, 7) is 2.00. The van der Waals surface area contributed by atoms with Crippen LogP contribution >= 0.6 is 15.9 Å². The summed E-state index contributed by atoms with van der Waals surface area (Å²) in [6, 6.07) is 12.7. The quantitative estimate of drug-likeness (QED) is 0.340. The Morgan fingerprint density at radius 2 is 1.55 bits per heavy atom. The Bertz CT molecular complexity index is 978. The Hall–Kier alpha value is -2.72. The van der Waals surface area contributed by atoms with Gasteiger partial charge in [0.25, 0.3) is 5.60 Å². The Kier molecular flexibility index (Phi) is 8.79. The third-order valence-corrected chi connectivity index (χ3v) is 5.58. The number of ether oxygens (including phenoxy) is 3. The van der Waals surface area contributed by atoms with Crippen molar-refractivity contribution in [2.45, 2.75) is 31.7 Å². The number of carbonyl (C=O) groups excluding carboxylic acids is 3. The van der Waals surface area contributed by atoms with Gasteiger partial charge in [0, 0.05) is 22.7 Å². The molecule has 0 bridgehead atoms. The van der Waals surface area contributed by atoms with Gasteiger partial charge < -0.3 is 14.2 Å². The molecule has 2 aromatic carbocycles. The van der Waals surface area contributed by atoms with E-state index in [1.165, 1.54) is 32.0 Å². The lowest BCUT2D eigenvalue weighted by molar-refractivity contribution is -0.278. The maximum Gasteiger partial charge on any atom is 0.432 e. The number of alkyl halides is 3. The van der Waals surface area contributed by atoms with E-state index in [2.05, 4.69) is 20.7 Å². The number of hydrogen-bond donors (Lipinski definition) is 0. The predicted octanol–water partition coefficient (Wildman–Crippen LogP) is 4.85. The SMILES string of the molecule is CO[C@](C(=O)O[C@H](C)[C@@H](C)C(=O)OCC(=O)c1ccc(Br)cc1)(c1ccccc1)C(F)(F)F. The molecule has 2 rings (SSSR count). The molecule has 0 aliphatic heterocycles. The van der Waals surface area contributed by atoms with Crippen LogP contribution in [0, 0.1) is 5.92 Å². The molecular formula is C23H22BrF3O6. The van der Waals surface area contributed by atoms with E-state index in [1.54, 1.807) is 24.3 Å². The van der Waals surface area contributed by atoms with E-state index in [9.17, 15) is 27.6 Å². The molecule has 178 valence electrons. The smallest absolute Gasteiger partial charge is 0.432 e. The number of Topliss-reactive ketones (excluding diaryl/α,β-unsaturated/α-hetero) is 1. The Morgan fingerprint density at radius 3 is 2.06 bits per heavy atom. The highest BCUT2D eigenvalue weighted by atomic mass is 79.9. The Morgan fingerprint density at radius 1 is 0.970 bits per heavy atom. The molecule has 0 radical (unpaired) electrons. The van der Waals surface area contributed by atoms with Crippen molar-refractivity contribution in [2.75, 3.05) is 13.7 Å². The van der Waals surface area contributed by atoms with Gasteiger partial charge in [-0.15, -0.1) is 0 Å². The molecule has 0 fully saturated rings. The van der Waals surface area contributed by atoms with Gasteiger partial charge in [0.2, 0.25) is 0 Å². The van der Waals surface area contributed by atoms with E-state index in [0.717, 1.165) is 23.7 Å². The zero-order chi connectivity index (χ0) is 24.8. The van der Waals surface area contributed by atoms with Crippen molar-refractivity contribution in [2.24, 2.45) is 5.92 Å². The van der Waals surface area contributed by atoms with Crippen LogP contribution < -0.4 is 0 Å². The maximum absolute atomic E-state index is 14.0. The maximum atomic E-state index is 14.0. The molecule has 0 aliphatic rings. The second-order valence-electron chi connectivity index (χ2n) is 7.19. The molecule has 0 aliphatic carbocycles. The van der Waals surface area contributed by atoms with Crippen molar-refractivity contribution in [3.05, 3.63) is 70.2 Å². The van der Waals surface area contributed by atoms with Crippen molar-refractivity contribution in [3.63, 3.8) is 0 Å². The van der Waals surface area contributed by atoms with Crippen LogP contribution in [-0.4, -0.2) is 43.7 Å². The summed E-state index contributed by atoms with van der Waals surface area (Å²) in [5.41, 5.74) is -3.52. The molecular weight excluding hydrogens is 509 g/mol. The van der Waals surface area contributed by atoms with Gasteiger partial charge in [-0.3, -0.25) is 9.59 Å².